The van der Waals surface area contributed by atoms with Crippen molar-refractivity contribution in [2.45, 2.75) is 17.7 Å². The van der Waals surface area contributed by atoms with Crippen LogP contribution in [0.1, 0.15) is 12.8 Å². The lowest BCUT2D eigenvalue weighted by Crippen LogP contribution is -2.32. The molecule has 0 bridgehead atoms. The number of rotatable bonds is 5. The van der Waals surface area contributed by atoms with Gasteiger partial charge in [0.1, 0.15) is 10.0 Å². The predicted octanol–water partition coefficient (Wildman–Crippen LogP) is 1.55. The minimum Gasteiger partial charge on any atom is -0.396 e. The summed E-state index contributed by atoms with van der Waals surface area (Å²) in [6.07, 6.45) is 3.09. The molecule has 0 amide bonds. The Labute approximate surface area is 119 Å². The van der Waals surface area contributed by atoms with Crippen molar-refractivity contribution in [1.29, 1.82) is 0 Å². The van der Waals surface area contributed by atoms with Crippen LogP contribution in [0.25, 0.3) is 0 Å². The number of aliphatic hydroxyl groups is 1. The zero-order valence-electron chi connectivity index (χ0n) is 9.36. The lowest BCUT2D eigenvalue weighted by atomic mass is 10.1. The molecule has 2 N–H and O–H groups in total. The molecule has 0 spiro atoms. The monoisotopic (exact) mass is 354 g/mol. The van der Waals surface area contributed by atoms with Crippen LogP contribution in [0.5, 0.6) is 0 Å². The molecule has 0 atom stereocenters. The van der Waals surface area contributed by atoms with Crippen LogP contribution in [0.4, 0.5) is 0 Å². The number of pyridine rings is 1. The van der Waals surface area contributed by atoms with Gasteiger partial charge in [-0.2, -0.15) is 0 Å². The third-order valence-electron chi connectivity index (χ3n) is 2.99. The van der Waals surface area contributed by atoms with Crippen molar-refractivity contribution < 1.29 is 13.5 Å². The number of halogens is 2. The molecule has 100 valence electrons. The van der Waals surface area contributed by atoms with Crippen LogP contribution in [0.2, 0.25) is 5.15 Å². The molecule has 1 fully saturated rings. The van der Waals surface area contributed by atoms with Gasteiger partial charge in [0.05, 0.1) is 0 Å². The molecule has 0 aromatic carbocycles. The van der Waals surface area contributed by atoms with Crippen molar-refractivity contribution in [2.75, 3.05) is 13.2 Å². The van der Waals surface area contributed by atoms with Crippen molar-refractivity contribution in [1.82, 2.24) is 9.71 Å². The minimum atomic E-state index is -3.70. The molecule has 1 aromatic rings. The molecule has 0 unspecified atom stereocenters. The Morgan fingerprint density at radius 1 is 1.56 bits per heavy atom. The number of nitrogens with one attached hydrogen (secondary N) is 1. The van der Waals surface area contributed by atoms with E-state index in [4.69, 9.17) is 16.7 Å². The van der Waals surface area contributed by atoms with Crippen molar-refractivity contribution >= 4 is 37.6 Å². The number of aromatic nitrogens is 1. The van der Waals surface area contributed by atoms with E-state index in [0.717, 1.165) is 12.8 Å². The minimum absolute atomic E-state index is 0.0139. The summed E-state index contributed by atoms with van der Waals surface area (Å²) >= 11 is 8.93. The van der Waals surface area contributed by atoms with Gasteiger partial charge in [0.15, 0.2) is 0 Å². The summed E-state index contributed by atoms with van der Waals surface area (Å²) in [6, 6.07) is 1.40. The predicted molar refractivity (Wildman–Crippen MR) is 70.9 cm³/mol. The summed E-state index contributed by atoms with van der Waals surface area (Å²) in [5.74, 6) is 0. The molecule has 5 nitrogen and oxygen atoms in total. The number of aliphatic hydroxyl groups excluding tert-OH is 1. The number of hydrogen-bond donors (Lipinski definition) is 2. The number of sulfonamides is 1. The Bertz CT molecular complexity index is 560. The van der Waals surface area contributed by atoms with E-state index in [1.165, 1.54) is 12.3 Å². The van der Waals surface area contributed by atoms with Gasteiger partial charge in [-0.05, 0) is 34.8 Å². The quantitative estimate of drug-likeness (QED) is 0.785. The van der Waals surface area contributed by atoms with E-state index in [2.05, 4.69) is 25.6 Å². The van der Waals surface area contributed by atoms with Crippen LogP contribution in [0.3, 0.4) is 0 Å². The molecule has 0 aliphatic heterocycles. The van der Waals surface area contributed by atoms with Crippen molar-refractivity contribution in [3.05, 3.63) is 21.9 Å². The summed E-state index contributed by atoms with van der Waals surface area (Å²) in [5.41, 5.74) is -0.293. The van der Waals surface area contributed by atoms with Gasteiger partial charge in [-0.15, -0.1) is 0 Å². The second kappa shape index (κ2) is 5.05. The first-order valence-corrected chi connectivity index (χ1v) is 7.96. The molecule has 2 rings (SSSR count). The van der Waals surface area contributed by atoms with Gasteiger partial charge in [0, 0.05) is 29.2 Å². The molecular weight excluding hydrogens is 344 g/mol. The Morgan fingerprint density at radius 2 is 2.22 bits per heavy atom. The highest BCUT2D eigenvalue weighted by molar-refractivity contribution is 9.10. The molecule has 1 saturated carbocycles. The molecule has 1 aliphatic rings. The molecule has 1 aromatic heterocycles. The largest absolute Gasteiger partial charge is 0.396 e. The fraction of sp³-hybridized carbons (Fsp3) is 0.500. The highest BCUT2D eigenvalue weighted by atomic mass is 79.9. The van der Waals surface area contributed by atoms with E-state index in [1.807, 2.05) is 0 Å². The standard InChI is InChI=1S/C10H12BrClN2O3S/c11-7-3-8(9(12)13-4-7)18(16,17)14-5-10(6-15)1-2-10/h3-4,14-15H,1-2,5-6H2. The lowest BCUT2D eigenvalue weighted by Gasteiger charge is -2.13. The van der Waals surface area contributed by atoms with Gasteiger partial charge in [0.2, 0.25) is 10.0 Å². The summed E-state index contributed by atoms with van der Waals surface area (Å²) < 4.78 is 27.1. The van der Waals surface area contributed by atoms with Crippen LogP contribution < -0.4 is 4.72 Å². The van der Waals surface area contributed by atoms with Crippen molar-refractivity contribution in [2.24, 2.45) is 5.41 Å². The molecule has 1 aliphatic carbocycles. The van der Waals surface area contributed by atoms with Crippen LogP contribution in [0, 0.1) is 5.41 Å². The van der Waals surface area contributed by atoms with Crippen LogP contribution in [-0.4, -0.2) is 31.7 Å². The van der Waals surface area contributed by atoms with E-state index < -0.39 is 10.0 Å². The second-order valence-electron chi connectivity index (χ2n) is 4.43. The van der Waals surface area contributed by atoms with Crippen LogP contribution >= 0.6 is 27.5 Å². The van der Waals surface area contributed by atoms with Crippen LogP contribution in [-0.2, 0) is 10.0 Å². The van der Waals surface area contributed by atoms with E-state index >= 15 is 0 Å². The fourth-order valence-electron chi connectivity index (χ4n) is 1.49. The van der Waals surface area contributed by atoms with E-state index in [-0.39, 0.29) is 28.6 Å². The first kappa shape index (κ1) is 14.2. The average Bonchev–Trinajstić information content (AvgIpc) is 3.11. The Balaban J connectivity index is 2.18. The van der Waals surface area contributed by atoms with Gasteiger partial charge in [0.25, 0.3) is 0 Å². The highest BCUT2D eigenvalue weighted by Crippen LogP contribution is 2.44. The number of nitrogens with zero attached hydrogens (tertiary/aromatic N) is 1. The van der Waals surface area contributed by atoms with Crippen LogP contribution in [0.15, 0.2) is 21.6 Å². The van der Waals surface area contributed by atoms with Gasteiger partial charge < -0.3 is 5.11 Å². The SMILES string of the molecule is O=S(=O)(NCC1(CO)CC1)c1cc(Br)cnc1Cl. The topological polar surface area (TPSA) is 79.3 Å². The molecule has 8 heteroatoms. The molecule has 0 radical (unpaired) electrons. The normalized spacial score (nSPS) is 17.7. The average molecular weight is 356 g/mol. The maximum atomic E-state index is 12.1. The van der Waals surface area contributed by atoms with Gasteiger partial charge in [-0.3, -0.25) is 0 Å². The molecule has 18 heavy (non-hydrogen) atoms. The molecule has 1 heterocycles. The summed E-state index contributed by atoms with van der Waals surface area (Å²) in [6.45, 7) is 0.203. The zero-order valence-corrected chi connectivity index (χ0v) is 12.5. The Kier molecular flexibility index (Phi) is 3.99. The van der Waals surface area contributed by atoms with Crippen molar-refractivity contribution in [3.63, 3.8) is 0 Å². The first-order valence-electron chi connectivity index (χ1n) is 5.30. The van der Waals surface area contributed by atoms with Gasteiger partial charge >= 0.3 is 0 Å². The Morgan fingerprint density at radius 3 is 2.78 bits per heavy atom. The number of hydrogen-bond acceptors (Lipinski definition) is 4. The second-order valence-corrected chi connectivity index (χ2v) is 7.43. The van der Waals surface area contributed by atoms with E-state index in [9.17, 15) is 8.42 Å². The zero-order chi connectivity index (χ0) is 13.4. The summed E-state index contributed by atoms with van der Waals surface area (Å²) in [7, 11) is -3.70. The van der Waals surface area contributed by atoms with Gasteiger partial charge in [-0.1, -0.05) is 11.6 Å². The summed E-state index contributed by atoms with van der Waals surface area (Å²) in [4.78, 5) is 3.71. The highest BCUT2D eigenvalue weighted by Gasteiger charge is 2.42. The fourth-order valence-corrected chi connectivity index (χ4v) is 3.59. The van der Waals surface area contributed by atoms with E-state index in [1.54, 1.807) is 0 Å². The molecule has 0 saturated heterocycles. The maximum absolute atomic E-state index is 12.1. The van der Waals surface area contributed by atoms with Crippen molar-refractivity contribution in [3.8, 4) is 0 Å². The smallest absolute Gasteiger partial charge is 0.243 e. The molecular formula is C10H12BrClN2O3S. The van der Waals surface area contributed by atoms with Gasteiger partial charge in [-0.25, -0.2) is 18.1 Å². The van der Waals surface area contributed by atoms with E-state index in [0.29, 0.717) is 4.47 Å². The lowest BCUT2D eigenvalue weighted by molar-refractivity contribution is 0.213. The third kappa shape index (κ3) is 3.03. The first-order chi connectivity index (χ1) is 8.38. The third-order valence-corrected chi connectivity index (χ3v) is 5.25. The maximum Gasteiger partial charge on any atom is 0.243 e. The Hall–Kier alpha value is -0.210. The summed E-state index contributed by atoms with van der Waals surface area (Å²) in [5, 5.41) is 9.07.